The van der Waals surface area contributed by atoms with E-state index in [1.165, 1.54) is 0 Å². The molecule has 1 aliphatic heterocycles. The van der Waals surface area contributed by atoms with Gasteiger partial charge in [0.15, 0.2) is 0 Å². The van der Waals surface area contributed by atoms with Crippen LogP contribution in [0.4, 0.5) is 0 Å². The van der Waals surface area contributed by atoms with E-state index in [0.717, 1.165) is 49.7 Å². The summed E-state index contributed by atoms with van der Waals surface area (Å²) in [6, 6.07) is 9.99. The summed E-state index contributed by atoms with van der Waals surface area (Å²) < 4.78 is 2.05. The molecule has 1 saturated heterocycles. The van der Waals surface area contributed by atoms with Crippen molar-refractivity contribution in [3.8, 4) is 0 Å². The van der Waals surface area contributed by atoms with Gasteiger partial charge in [-0.3, -0.25) is 4.90 Å². The fraction of sp³-hybridized carbons (Fsp3) is 0.529. The van der Waals surface area contributed by atoms with Crippen molar-refractivity contribution in [1.82, 2.24) is 19.7 Å². The minimum atomic E-state index is -0.347. The highest BCUT2D eigenvalue weighted by Crippen LogP contribution is 2.30. The zero-order chi connectivity index (χ0) is 15.5. The normalized spacial score (nSPS) is 18.5. The number of aliphatic hydroxyl groups is 1. The lowest BCUT2D eigenvalue weighted by Crippen LogP contribution is -2.35. The quantitative estimate of drug-likeness (QED) is 0.939. The molecule has 22 heavy (non-hydrogen) atoms. The fourth-order valence-electron chi connectivity index (χ4n) is 3.14. The zero-order valence-electron chi connectivity index (χ0n) is 13.3. The second kappa shape index (κ2) is 6.58. The molecule has 1 N–H and O–H groups in total. The lowest BCUT2D eigenvalue weighted by Gasteiger charge is -2.34. The molecular formula is C17H24N4O. The highest BCUT2D eigenvalue weighted by atomic mass is 16.3. The van der Waals surface area contributed by atoms with E-state index >= 15 is 0 Å². The van der Waals surface area contributed by atoms with Gasteiger partial charge in [0.2, 0.25) is 0 Å². The van der Waals surface area contributed by atoms with Crippen molar-refractivity contribution in [1.29, 1.82) is 0 Å². The molecule has 5 heteroatoms. The van der Waals surface area contributed by atoms with Crippen molar-refractivity contribution in [2.24, 2.45) is 13.0 Å². The number of benzene rings is 1. The number of rotatable bonds is 4. The largest absolute Gasteiger partial charge is 0.388 e. The Morgan fingerprint density at radius 3 is 2.45 bits per heavy atom. The number of aromatic nitrogens is 3. The maximum Gasteiger partial charge on any atom is 0.146 e. The average molecular weight is 300 g/mol. The molecule has 0 saturated carbocycles. The topological polar surface area (TPSA) is 54.2 Å². The predicted molar refractivity (Wildman–Crippen MR) is 85.1 cm³/mol. The van der Waals surface area contributed by atoms with Crippen LogP contribution in [0.25, 0.3) is 0 Å². The number of likely N-dealkylation sites (tertiary alicyclic amines) is 1. The van der Waals surface area contributed by atoms with Crippen LogP contribution in [-0.4, -0.2) is 37.9 Å². The molecule has 0 aliphatic carbocycles. The number of nitrogens with zero attached hydrogens (tertiary/aromatic N) is 4. The van der Waals surface area contributed by atoms with Gasteiger partial charge in [-0.2, -0.15) is 0 Å². The summed E-state index contributed by atoms with van der Waals surface area (Å²) in [7, 11) is 2.01. The minimum absolute atomic E-state index is 0.347. The van der Waals surface area contributed by atoms with E-state index in [1.807, 2.05) is 48.9 Å². The molecule has 1 aromatic carbocycles. The maximum atomic E-state index is 10.5. The highest BCUT2D eigenvalue weighted by Gasteiger charge is 2.26. The van der Waals surface area contributed by atoms with Crippen LogP contribution < -0.4 is 0 Å². The van der Waals surface area contributed by atoms with Gasteiger partial charge in [-0.05, 0) is 44.3 Å². The van der Waals surface area contributed by atoms with Gasteiger partial charge in [-0.25, -0.2) is 0 Å². The van der Waals surface area contributed by atoms with Crippen LogP contribution >= 0.6 is 0 Å². The SMILES string of the molecule is Cc1nnc(CN2CCC([C@@H](O)c3ccccc3)CC2)n1C. The van der Waals surface area contributed by atoms with E-state index in [1.54, 1.807) is 0 Å². The van der Waals surface area contributed by atoms with Crippen molar-refractivity contribution < 1.29 is 5.11 Å². The second-order valence-electron chi connectivity index (χ2n) is 6.19. The van der Waals surface area contributed by atoms with Crippen molar-refractivity contribution in [3.05, 3.63) is 47.5 Å². The monoisotopic (exact) mass is 300 g/mol. The third-order valence-corrected chi connectivity index (χ3v) is 4.77. The van der Waals surface area contributed by atoms with Crippen molar-refractivity contribution in [2.75, 3.05) is 13.1 Å². The van der Waals surface area contributed by atoms with E-state index in [-0.39, 0.29) is 6.10 Å². The van der Waals surface area contributed by atoms with Crippen LogP contribution in [0.15, 0.2) is 30.3 Å². The Hall–Kier alpha value is -1.72. The Balaban J connectivity index is 1.55. The number of piperidine rings is 1. The van der Waals surface area contributed by atoms with Crippen LogP contribution in [0, 0.1) is 12.8 Å². The number of hydrogen-bond acceptors (Lipinski definition) is 4. The average Bonchev–Trinajstić information content (AvgIpc) is 2.88. The molecule has 1 atom stereocenters. The second-order valence-corrected chi connectivity index (χ2v) is 6.19. The van der Waals surface area contributed by atoms with Gasteiger partial charge in [0.25, 0.3) is 0 Å². The first-order valence-electron chi connectivity index (χ1n) is 7.95. The van der Waals surface area contributed by atoms with Gasteiger partial charge < -0.3 is 9.67 Å². The molecule has 5 nitrogen and oxygen atoms in total. The fourth-order valence-corrected chi connectivity index (χ4v) is 3.14. The van der Waals surface area contributed by atoms with Crippen LogP contribution in [-0.2, 0) is 13.6 Å². The first-order chi connectivity index (χ1) is 10.6. The molecule has 0 radical (unpaired) electrons. The van der Waals surface area contributed by atoms with Gasteiger partial charge in [-0.1, -0.05) is 30.3 Å². The molecule has 0 amide bonds. The minimum Gasteiger partial charge on any atom is -0.388 e. The molecule has 1 fully saturated rings. The standard InChI is InChI=1S/C17H24N4O/c1-13-18-19-16(20(13)2)12-21-10-8-15(9-11-21)17(22)14-6-4-3-5-7-14/h3-7,15,17,22H,8-12H2,1-2H3/t17-/m0/s1. The van der Waals surface area contributed by atoms with E-state index in [9.17, 15) is 5.11 Å². The van der Waals surface area contributed by atoms with Crippen molar-refractivity contribution in [2.45, 2.75) is 32.4 Å². The first kappa shape index (κ1) is 15.2. The summed E-state index contributed by atoms with van der Waals surface area (Å²) in [5.41, 5.74) is 1.03. The molecule has 0 bridgehead atoms. The Bertz CT molecular complexity index is 602. The first-order valence-corrected chi connectivity index (χ1v) is 7.95. The summed E-state index contributed by atoms with van der Waals surface area (Å²) in [4.78, 5) is 2.40. The van der Waals surface area contributed by atoms with Crippen LogP contribution in [0.3, 0.4) is 0 Å². The third kappa shape index (κ3) is 3.20. The molecule has 0 unspecified atom stereocenters. The summed E-state index contributed by atoms with van der Waals surface area (Å²) in [5, 5.41) is 18.9. The predicted octanol–water partition coefficient (Wildman–Crippen LogP) is 2.07. The highest BCUT2D eigenvalue weighted by molar-refractivity contribution is 5.18. The molecule has 1 aromatic heterocycles. The van der Waals surface area contributed by atoms with E-state index in [4.69, 9.17) is 0 Å². The van der Waals surface area contributed by atoms with Gasteiger partial charge in [0.1, 0.15) is 11.6 Å². The van der Waals surface area contributed by atoms with Gasteiger partial charge in [-0.15, -0.1) is 10.2 Å². The van der Waals surface area contributed by atoms with Crippen molar-refractivity contribution in [3.63, 3.8) is 0 Å². The lowest BCUT2D eigenvalue weighted by atomic mass is 9.87. The van der Waals surface area contributed by atoms with E-state index in [2.05, 4.69) is 15.1 Å². The number of aliphatic hydroxyl groups excluding tert-OH is 1. The van der Waals surface area contributed by atoms with Crippen molar-refractivity contribution >= 4 is 0 Å². The van der Waals surface area contributed by atoms with Crippen LogP contribution in [0.1, 0.15) is 36.2 Å². The third-order valence-electron chi connectivity index (χ3n) is 4.77. The smallest absolute Gasteiger partial charge is 0.146 e. The molecule has 2 heterocycles. The molecule has 1 aliphatic rings. The van der Waals surface area contributed by atoms with E-state index in [0.29, 0.717) is 5.92 Å². The van der Waals surface area contributed by atoms with Crippen LogP contribution in [0.2, 0.25) is 0 Å². The Morgan fingerprint density at radius 1 is 1.18 bits per heavy atom. The molecular weight excluding hydrogens is 276 g/mol. The molecule has 118 valence electrons. The summed E-state index contributed by atoms with van der Waals surface area (Å²) in [6.45, 7) is 4.81. The van der Waals surface area contributed by atoms with Gasteiger partial charge in [0, 0.05) is 7.05 Å². The Morgan fingerprint density at radius 2 is 1.86 bits per heavy atom. The zero-order valence-corrected chi connectivity index (χ0v) is 13.3. The van der Waals surface area contributed by atoms with Crippen LogP contribution in [0.5, 0.6) is 0 Å². The molecule has 0 spiro atoms. The summed E-state index contributed by atoms with van der Waals surface area (Å²) in [6.07, 6.45) is 1.69. The Labute approximate surface area is 131 Å². The summed E-state index contributed by atoms with van der Waals surface area (Å²) in [5.74, 6) is 2.31. The number of hydrogen-bond donors (Lipinski definition) is 1. The molecule has 2 aromatic rings. The molecule has 3 rings (SSSR count). The van der Waals surface area contributed by atoms with Gasteiger partial charge in [0.05, 0.1) is 12.6 Å². The lowest BCUT2D eigenvalue weighted by molar-refractivity contribution is 0.0558. The van der Waals surface area contributed by atoms with E-state index < -0.39 is 0 Å². The Kier molecular flexibility index (Phi) is 4.55. The maximum absolute atomic E-state index is 10.5. The van der Waals surface area contributed by atoms with Gasteiger partial charge >= 0.3 is 0 Å². The summed E-state index contributed by atoms with van der Waals surface area (Å²) >= 11 is 0. The number of aryl methyl sites for hydroxylation is 1.